The van der Waals surface area contributed by atoms with Gasteiger partial charge in [0.25, 0.3) is 0 Å². The van der Waals surface area contributed by atoms with Crippen molar-refractivity contribution in [2.24, 2.45) is 0 Å². The molecule has 0 aliphatic heterocycles. The first-order chi connectivity index (χ1) is 31.2. The number of furan rings is 1. The van der Waals surface area contributed by atoms with Gasteiger partial charge in [-0.1, -0.05) is 180 Å². The number of hydrogen-bond donors (Lipinski definition) is 0. The Balaban J connectivity index is 1.27. The summed E-state index contributed by atoms with van der Waals surface area (Å²) in [4.78, 5) is 1.40. The van der Waals surface area contributed by atoms with Gasteiger partial charge in [0.15, 0.2) is 0 Å². The van der Waals surface area contributed by atoms with E-state index in [0.717, 1.165) is 23.0 Å². The molecule has 2 nitrogen and oxygen atoms in total. The van der Waals surface area contributed by atoms with Crippen LogP contribution in [-0.2, 0) is 21.7 Å². The van der Waals surface area contributed by atoms with Crippen molar-refractivity contribution in [1.82, 2.24) is 4.57 Å². The van der Waals surface area contributed by atoms with Crippen molar-refractivity contribution in [2.45, 2.75) is 69.6 Å². The summed E-state index contributed by atoms with van der Waals surface area (Å²) in [7, 11) is 0. The number of allylic oxidation sites excluding steroid dienone is 4. The zero-order valence-corrected chi connectivity index (χ0v) is 38.0. The average molecular weight is 844 g/mol. The van der Waals surface area contributed by atoms with Crippen LogP contribution in [-0.4, -0.2) is 4.57 Å². The van der Waals surface area contributed by atoms with Crippen LogP contribution in [0.15, 0.2) is 192 Å². The molecule has 0 saturated carbocycles. The number of fused-ring (bicyclic) bond motifs is 18. The van der Waals surface area contributed by atoms with Crippen molar-refractivity contribution >= 4 is 55.1 Å². The Kier molecular flexibility index (Phi) is 7.66. The molecule has 0 N–H and O–H groups in total. The first-order valence-electron chi connectivity index (χ1n) is 22.9. The Hall–Kier alpha value is -6.68. The van der Waals surface area contributed by atoms with E-state index in [-0.39, 0.29) is 10.8 Å². The van der Waals surface area contributed by atoms with Gasteiger partial charge >= 0.3 is 0 Å². The SMILES string of the molecule is C/C=C\C1=C(CC)C2(c3ccccc3C(C)(C)c3ccccc32)c2cc(-n3c4ccccc4c4c5c(ccc43)oc3ccccc35)sc2C12c1ccccc1C(C)(C)c1ccccc12. The van der Waals surface area contributed by atoms with Gasteiger partial charge in [0.05, 0.1) is 21.9 Å². The minimum Gasteiger partial charge on any atom is -0.456 e. The van der Waals surface area contributed by atoms with Gasteiger partial charge in [0.2, 0.25) is 0 Å². The molecular weight excluding hydrogens is 795 g/mol. The highest BCUT2D eigenvalue weighted by Gasteiger charge is 2.61. The fourth-order valence-electron chi connectivity index (χ4n) is 13.3. The summed E-state index contributed by atoms with van der Waals surface area (Å²) in [6.45, 7) is 14.3. The molecule has 0 unspecified atom stereocenters. The van der Waals surface area contributed by atoms with E-state index in [1.54, 1.807) is 0 Å². The first kappa shape index (κ1) is 37.8. The van der Waals surface area contributed by atoms with E-state index in [1.165, 1.54) is 98.3 Å². The minimum atomic E-state index is -0.590. The Labute approximate surface area is 378 Å². The monoisotopic (exact) mass is 843 g/mol. The van der Waals surface area contributed by atoms with E-state index in [2.05, 4.69) is 222 Å². The maximum atomic E-state index is 6.55. The maximum absolute atomic E-state index is 6.55. The van der Waals surface area contributed by atoms with Crippen LogP contribution >= 0.6 is 11.3 Å². The van der Waals surface area contributed by atoms with Gasteiger partial charge in [0, 0.05) is 37.3 Å². The molecule has 10 aromatic rings. The highest BCUT2D eigenvalue weighted by Crippen LogP contribution is 2.69. The second-order valence-corrected chi connectivity index (χ2v) is 20.3. The molecule has 0 amide bonds. The van der Waals surface area contributed by atoms with Crippen LogP contribution in [0.3, 0.4) is 0 Å². The van der Waals surface area contributed by atoms with Crippen molar-refractivity contribution in [3.8, 4) is 5.00 Å². The molecular formula is C61H49NOS. The predicted molar refractivity (Wildman–Crippen MR) is 268 cm³/mol. The van der Waals surface area contributed by atoms with Crippen LogP contribution < -0.4 is 0 Å². The minimum absolute atomic E-state index is 0.203. The number of benzene rings is 7. The lowest BCUT2D eigenvalue weighted by Crippen LogP contribution is -2.50. The van der Waals surface area contributed by atoms with Crippen LogP contribution in [0.1, 0.15) is 103 Å². The molecule has 64 heavy (non-hydrogen) atoms. The number of aromatic nitrogens is 1. The standard InChI is InChI=1S/C61H49NOS/c1-7-21-44-39(8-2)60(45-28-15-11-24-40(45)58(3,4)41-25-12-16-29-46(41)60)49-36-54(64-57(49)61(44)47-30-17-13-26-42(47)59(5,6)43-27-14-18-31-48(43)61)62-50-32-19-9-22-37(50)55-51(62)34-35-53-56(55)38-23-10-20-33-52(38)63-53/h7,9-36H,8H2,1-6H3/b21-7-. The first-order valence-corrected chi connectivity index (χ1v) is 23.8. The summed E-state index contributed by atoms with van der Waals surface area (Å²) in [5.74, 6) is 0. The van der Waals surface area contributed by atoms with Gasteiger partial charge in [-0.05, 0) is 105 Å². The normalized spacial score (nSPS) is 17.3. The molecule has 3 aliphatic rings. The third kappa shape index (κ3) is 4.37. The molecule has 3 aliphatic carbocycles. The number of para-hydroxylation sites is 2. The highest BCUT2D eigenvalue weighted by molar-refractivity contribution is 7.15. The summed E-state index contributed by atoms with van der Waals surface area (Å²) < 4.78 is 9.12. The number of thiophene rings is 1. The fourth-order valence-corrected chi connectivity index (χ4v) is 14.7. The predicted octanol–water partition coefficient (Wildman–Crippen LogP) is 16.0. The molecule has 2 spiro atoms. The smallest absolute Gasteiger partial charge is 0.136 e. The second-order valence-electron chi connectivity index (χ2n) is 19.3. The van der Waals surface area contributed by atoms with Gasteiger partial charge in [-0.2, -0.15) is 0 Å². The van der Waals surface area contributed by atoms with Gasteiger partial charge in [0.1, 0.15) is 16.2 Å². The van der Waals surface area contributed by atoms with E-state index in [0.29, 0.717) is 0 Å². The van der Waals surface area contributed by atoms with Gasteiger partial charge < -0.3 is 8.98 Å². The lowest BCUT2D eigenvalue weighted by Gasteiger charge is -2.56. The van der Waals surface area contributed by atoms with Crippen molar-refractivity contribution in [3.05, 3.63) is 242 Å². The molecule has 0 atom stereocenters. The molecule has 13 rings (SSSR count). The molecule has 3 aromatic heterocycles. The van der Waals surface area contributed by atoms with Crippen molar-refractivity contribution in [3.63, 3.8) is 0 Å². The molecule has 0 bridgehead atoms. The van der Waals surface area contributed by atoms with E-state index < -0.39 is 10.8 Å². The molecule has 7 aromatic carbocycles. The quantitative estimate of drug-likeness (QED) is 0.173. The largest absolute Gasteiger partial charge is 0.456 e. The third-order valence-electron chi connectivity index (χ3n) is 15.7. The summed E-state index contributed by atoms with van der Waals surface area (Å²) >= 11 is 2.00. The van der Waals surface area contributed by atoms with E-state index in [4.69, 9.17) is 4.42 Å². The Bertz CT molecular complexity index is 3590. The van der Waals surface area contributed by atoms with Crippen molar-refractivity contribution < 1.29 is 4.42 Å². The zero-order valence-electron chi connectivity index (χ0n) is 37.2. The van der Waals surface area contributed by atoms with Gasteiger partial charge in [-0.15, -0.1) is 11.3 Å². The van der Waals surface area contributed by atoms with E-state index in [1.807, 2.05) is 11.3 Å². The second kappa shape index (κ2) is 13.0. The van der Waals surface area contributed by atoms with Crippen molar-refractivity contribution in [2.75, 3.05) is 0 Å². The van der Waals surface area contributed by atoms with Crippen LogP contribution in [0.2, 0.25) is 0 Å². The average Bonchev–Trinajstić information content (AvgIpc) is 4.03. The van der Waals surface area contributed by atoms with Crippen LogP contribution in [0.25, 0.3) is 48.7 Å². The van der Waals surface area contributed by atoms with Crippen LogP contribution in [0, 0.1) is 0 Å². The molecule has 3 heteroatoms. The summed E-state index contributed by atoms with van der Waals surface area (Å²) in [6, 6.07) is 62.2. The van der Waals surface area contributed by atoms with Gasteiger partial charge in [-0.3, -0.25) is 0 Å². The molecule has 0 radical (unpaired) electrons. The number of rotatable bonds is 3. The topological polar surface area (TPSA) is 18.1 Å². The molecule has 0 saturated heterocycles. The maximum Gasteiger partial charge on any atom is 0.136 e. The van der Waals surface area contributed by atoms with Crippen molar-refractivity contribution in [1.29, 1.82) is 0 Å². The summed E-state index contributed by atoms with van der Waals surface area (Å²) in [5.41, 5.74) is 18.0. The van der Waals surface area contributed by atoms with E-state index in [9.17, 15) is 0 Å². The van der Waals surface area contributed by atoms with Crippen LogP contribution in [0.4, 0.5) is 0 Å². The Morgan fingerprint density at radius 3 is 1.56 bits per heavy atom. The zero-order chi connectivity index (χ0) is 43.3. The van der Waals surface area contributed by atoms with E-state index >= 15 is 0 Å². The number of nitrogens with zero attached hydrogens (tertiary/aromatic N) is 1. The van der Waals surface area contributed by atoms with Gasteiger partial charge in [-0.25, -0.2) is 0 Å². The molecule has 3 heterocycles. The Morgan fingerprint density at radius 1 is 0.500 bits per heavy atom. The summed E-state index contributed by atoms with van der Waals surface area (Å²) in [6.07, 6.45) is 5.69. The third-order valence-corrected chi connectivity index (χ3v) is 17.0. The highest BCUT2D eigenvalue weighted by atomic mass is 32.1. The lowest BCUT2D eigenvalue weighted by molar-refractivity contribution is 0.505. The fraction of sp³-hybridized carbons (Fsp3) is 0.180. The molecule has 310 valence electrons. The molecule has 0 fully saturated rings. The summed E-state index contributed by atoms with van der Waals surface area (Å²) in [5, 5.41) is 6.02. The van der Waals surface area contributed by atoms with Crippen LogP contribution in [0.5, 0.6) is 0 Å². The Morgan fingerprint density at radius 2 is 1.00 bits per heavy atom. The lowest BCUT2D eigenvalue weighted by atomic mass is 9.46. The number of hydrogen-bond acceptors (Lipinski definition) is 2.